The van der Waals surface area contributed by atoms with E-state index in [9.17, 15) is 4.79 Å². The van der Waals surface area contributed by atoms with E-state index in [0.717, 1.165) is 37.1 Å². The molecule has 1 heterocycles. The van der Waals surface area contributed by atoms with Gasteiger partial charge in [-0.05, 0) is 115 Å². The summed E-state index contributed by atoms with van der Waals surface area (Å²) in [5.74, 6) is 2.81. The van der Waals surface area contributed by atoms with Crippen molar-refractivity contribution in [3.8, 4) is 28.6 Å². The lowest BCUT2D eigenvalue weighted by molar-refractivity contribution is 0.267. The second kappa shape index (κ2) is 14.3. The highest BCUT2D eigenvalue weighted by Crippen LogP contribution is 2.36. The summed E-state index contributed by atoms with van der Waals surface area (Å²) in [5.41, 5.74) is 6.22. The molecule has 0 saturated heterocycles. The quantitative estimate of drug-likeness (QED) is 0.101. The lowest BCUT2D eigenvalue weighted by atomic mass is 9.96. The van der Waals surface area contributed by atoms with Crippen molar-refractivity contribution in [2.45, 2.75) is 54.1 Å². The van der Waals surface area contributed by atoms with Crippen molar-refractivity contribution in [3.63, 3.8) is 0 Å². The highest BCUT2D eigenvalue weighted by molar-refractivity contribution is 14.1. The van der Waals surface area contributed by atoms with Gasteiger partial charge in [0.25, 0.3) is 5.56 Å². The van der Waals surface area contributed by atoms with E-state index < -0.39 is 0 Å². The van der Waals surface area contributed by atoms with Gasteiger partial charge in [-0.2, -0.15) is 9.78 Å². The fraction of sp³-hybridized carbons (Fsp3) is 0.270. The maximum absolute atomic E-state index is 13.9. The molecule has 0 aliphatic heterocycles. The number of hydrogen-bond donors (Lipinski definition) is 0. The second-order valence-electron chi connectivity index (χ2n) is 11.1. The summed E-state index contributed by atoms with van der Waals surface area (Å²) in [6.07, 6.45) is 1.67. The zero-order valence-electron chi connectivity index (χ0n) is 26.6. The van der Waals surface area contributed by atoms with Crippen LogP contribution in [-0.4, -0.2) is 29.1 Å². The van der Waals surface area contributed by atoms with E-state index in [4.69, 9.17) is 24.3 Å². The van der Waals surface area contributed by atoms with Crippen LogP contribution < -0.4 is 19.8 Å². The molecule has 4 aromatic carbocycles. The maximum Gasteiger partial charge on any atom is 0.282 e. The fourth-order valence-corrected chi connectivity index (χ4v) is 6.00. The number of aryl methyl sites for hydroxylation is 2. The molecule has 0 atom stereocenters. The molecule has 0 saturated carbocycles. The van der Waals surface area contributed by atoms with Gasteiger partial charge in [0.15, 0.2) is 17.3 Å². The van der Waals surface area contributed by atoms with Crippen molar-refractivity contribution in [2.24, 2.45) is 5.10 Å². The smallest absolute Gasteiger partial charge is 0.282 e. The van der Waals surface area contributed by atoms with Crippen molar-refractivity contribution in [2.75, 3.05) is 13.2 Å². The van der Waals surface area contributed by atoms with E-state index in [1.807, 2.05) is 69.3 Å². The fourth-order valence-electron chi connectivity index (χ4n) is 5.22. The normalized spacial score (nSPS) is 11.5. The Balaban J connectivity index is 1.60. The average Bonchev–Trinajstić information content (AvgIpc) is 3.00. The van der Waals surface area contributed by atoms with Crippen LogP contribution in [0.4, 0.5) is 0 Å². The number of nitrogens with zero attached hydrogens (tertiary/aromatic N) is 3. The predicted molar refractivity (Wildman–Crippen MR) is 190 cm³/mol. The maximum atomic E-state index is 13.9. The van der Waals surface area contributed by atoms with Crippen LogP contribution in [0, 0.1) is 17.4 Å². The Bertz CT molecular complexity index is 1930. The van der Waals surface area contributed by atoms with Gasteiger partial charge in [0.05, 0.1) is 33.9 Å². The minimum absolute atomic E-state index is 0.209. The topological polar surface area (TPSA) is 74.9 Å². The largest absolute Gasteiger partial charge is 0.494 e. The Hall–Kier alpha value is -4.18. The predicted octanol–water partition coefficient (Wildman–Crippen LogP) is 8.67. The second-order valence-corrected chi connectivity index (χ2v) is 12.3. The lowest BCUT2D eigenvalue weighted by Crippen LogP contribution is -2.21. The van der Waals surface area contributed by atoms with Crippen molar-refractivity contribution >= 4 is 39.7 Å². The summed E-state index contributed by atoms with van der Waals surface area (Å²) >= 11 is 2.25. The number of para-hydroxylation sites is 1. The molecule has 0 spiro atoms. The molecule has 0 radical (unpaired) electrons. The summed E-state index contributed by atoms with van der Waals surface area (Å²) in [6.45, 7) is 13.7. The third-order valence-electron chi connectivity index (χ3n) is 7.39. The van der Waals surface area contributed by atoms with E-state index in [2.05, 4.69) is 61.6 Å². The van der Waals surface area contributed by atoms with E-state index in [1.165, 1.54) is 10.2 Å². The Morgan fingerprint density at radius 2 is 1.67 bits per heavy atom. The Morgan fingerprint density at radius 1 is 0.911 bits per heavy atom. The van der Waals surface area contributed by atoms with Gasteiger partial charge < -0.3 is 14.2 Å². The number of benzene rings is 4. The van der Waals surface area contributed by atoms with Crippen molar-refractivity contribution in [1.29, 1.82) is 0 Å². The molecule has 5 aromatic rings. The van der Waals surface area contributed by atoms with Crippen LogP contribution in [-0.2, 0) is 6.61 Å². The van der Waals surface area contributed by atoms with Crippen LogP contribution in [0.15, 0.2) is 82.7 Å². The monoisotopic (exact) mass is 715 g/mol. The summed E-state index contributed by atoms with van der Waals surface area (Å²) in [4.78, 5) is 18.9. The van der Waals surface area contributed by atoms with Gasteiger partial charge in [-0.1, -0.05) is 55.8 Å². The number of rotatable bonds is 11. The average molecular weight is 716 g/mol. The van der Waals surface area contributed by atoms with E-state index in [-0.39, 0.29) is 11.5 Å². The number of aromatic nitrogens is 2. The first-order chi connectivity index (χ1) is 21.7. The molecular formula is C37H38IN3O4. The van der Waals surface area contributed by atoms with Crippen LogP contribution in [0.1, 0.15) is 61.4 Å². The first-order valence-corrected chi connectivity index (χ1v) is 16.3. The highest BCUT2D eigenvalue weighted by atomic mass is 127. The molecule has 1 aromatic heterocycles. The van der Waals surface area contributed by atoms with Gasteiger partial charge in [0.2, 0.25) is 0 Å². The van der Waals surface area contributed by atoms with Crippen molar-refractivity contribution < 1.29 is 14.2 Å². The lowest BCUT2D eigenvalue weighted by Gasteiger charge is -2.18. The molecule has 5 rings (SSSR count). The van der Waals surface area contributed by atoms with Crippen LogP contribution in [0.25, 0.3) is 22.3 Å². The molecule has 0 aliphatic rings. The van der Waals surface area contributed by atoms with Gasteiger partial charge in [0.1, 0.15) is 12.4 Å². The zero-order chi connectivity index (χ0) is 32.1. The first kappa shape index (κ1) is 32.2. The van der Waals surface area contributed by atoms with Gasteiger partial charge in [-0.25, -0.2) is 4.98 Å². The molecule has 232 valence electrons. The molecule has 45 heavy (non-hydrogen) atoms. The first-order valence-electron chi connectivity index (χ1n) is 15.2. The summed E-state index contributed by atoms with van der Waals surface area (Å²) in [5, 5.41) is 5.23. The number of fused-ring (bicyclic) bond motifs is 1. The number of hydrogen-bond acceptors (Lipinski definition) is 6. The van der Waals surface area contributed by atoms with Crippen LogP contribution in [0.2, 0.25) is 0 Å². The highest BCUT2D eigenvalue weighted by Gasteiger charge is 2.19. The minimum Gasteiger partial charge on any atom is -0.494 e. The van der Waals surface area contributed by atoms with Crippen LogP contribution >= 0.6 is 22.6 Å². The van der Waals surface area contributed by atoms with Crippen molar-refractivity contribution in [1.82, 2.24) is 9.66 Å². The molecule has 0 unspecified atom stereocenters. The zero-order valence-corrected chi connectivity index (χ0v) is 28.7. The molecular weight excluding hydrogens is 677 g/mol. The molecule has 0 aliphatic carbocycles. The molecule has 0 bridgehead atoms. The third kappa shape index (κ3) is 7.22. The minimum atomic E-state index is -0.246. The van der Waals surface area contributed by atoms with Crippen LogP contribution in [0.5, 0.6) is 17.2 Å². The summed E-state index contributed by atoms with van der Waals surface area (Å²) in [6, 6.07) is 23.6. The van der Waals surface area contributed by atoms with Crippen LogP contribution in [0.3, 0.4) is 0 Å². The molecule has 8 heteroatoms. The summed E-state index contributed by atoms with van der Waals surface area (Å²) < 4.78 is 20.5. The van der Waals surface area contributed by atoms with Crippen molar-refractivity contribution in [3.05, 3.63) is 115 Å². The molecule has 0 fully saturated rings. The van der Waals surface area contributed by atoms with Gasteiger partial charge in [-0.15, -0.1) is 0 Å². The SMILES string of the molecule is CCOc1cc(C)c(-c2nc3ccccc3c(=O)n2N=Cc2cc(I)c(OCc3cccc(C)c3)c(OCC)c2)cc1C(C)C. The van der Waals surface area contributed by atoms with E-state index in [1.54, 1.807) is 12.3 Å². The van der Waals surface area contributed by atoms with Gasteiger partial charge >= 0.3 is 0 Å². The Kier molecular flexibility index (Phi) is 10.2. The molecule has 0 amide bonds. The standard InChI is InChI=1S/C37H38IN3O4/c1-7-43-33-17-25(6)30(20-29(33)23(3)4)36-40-32-15-10-9-14-28(32)37(42)41(36)39-21-27-18-31(38)35(34(19-27)44-8-2)45-22-26-13-11-12-24(5)16-26/h9-21,23H,7-8,22H2,1-6H3. The number of ether oxygens (including phenoxy) is 3. The van der Waals surface area contributed by atoms with Gasteiger partial charge in [-0.3, -0.25) is 4.79 Å². The van der Waals surface area contributed by atoms with Gasteiger partial charge in [0, 0.05) is 5.56 Å². The molecule has 0 N–H and O–H groups in total. The third-order valence-corrected chi connectivity index (χ3v) is 8.19. The summed E-state index contributed by atoms with van der Waals surface area (Å²) in [7, 11) is 0. The Morgan fingerprint density at radius 3 is 2.40 bits per heavy atom. The Labute approximate surface area is 278 Å². The number of halogens is 1. The molecule has 7 nitrogen and oxygen atoms in total. The van der Waals surface area contributed by atoms with E-state index in [0.29, 0.717) is 48.0 Å². The van der Waals surface area contributed by atoms with E-state index >= 15 is 0 Å².